The number of nitrogens with one attached hydrogen (secondary N) is 1. The normalized spacial score (nSPS) is 15.8. The van der Waals surface area contributed by atoms with Gasteiger partial charge in [0.15, 0.2) is 17.5 Å². The van der Waals surface area contributed by atoms with Crippen LogP contribution in [0.5, 0.6) is 5.75 Å². The predicted octanol–water partition coefficient (Wildman–Crippen LogP) is 2.01. The molecule has 166 valence electrons. The van der Waals surface area contributed by atoms with Crippen LogP contribution in [0, 0.1) is 17.6 Å². The van der Waals surface area contributed by atoms with E-state index in [9.17, 15) is 18.4 Å². The van der Waals surface area contributed by atoms with Gasteiger partial charge in [-0.2, -0.15) is 4.68 Å². The van der Waals surface area contributed by atoms with Gasteiger partial charge in [-0.1, -0.05) is 0 Å². The summed E-state index contributed by atoms with van der Waals surface area (Å²) in [6.07, 6.45) is 0.0765. The minimum atomic E-state index is -1.04. The molecule has 0 bridgehead atoms. The van der Waals surface area contributed by atoms with Gasteiger partial charge in [-0.25, -0.2) is 8.78 Å². The van der Waals surface area contributed by atoms with Gasteiger partial charge in [0.2, 0.25) is 11.8 Å². The number of tetrazole rings is 1. The maximum atomic E-state index is 13.5. The van der Waals surface area contributed by atoms with Crippen LogP contribution < -0.4 is 15.0 Å². The molecule has 2 aromatic carbocycles. The molecule has 0 saturated carbocycles. The molecule has 1 N–H and O–H groups in total. The zero-order valence-electron chi connectivity index (χ0n) is 17.2. The maximum Gasteiger partial charge on any atom is 0.227 e. The van der Waals surface area contributed by atoms with E-state index in [2.05, 4.69) is 20.8 Å². The van der Waals surface area contributed by atoms with Crippen LogP contribution in [0.2, 0.25) is 0 Å². The first-order valence-electron chi connectivity index (χ1n) is 10.00. The molecule has 2 amide bonds. The minimum absolute atomic E-state index is 0.0431. The lowest BCUT2D eigenvalue weighted by molar-refractivity contribution is -0.126. The van der Waals surface area contributed by atoms with Crippen molar-refractivity contribution in [3.8, 4) is 11.4 Å². The third kappa shape index (κ3) is 4.41. The highest BCUT2D eigenvalue weighted by Gasteiger charge is 2.35. The van der Waals surface area contributed by atoms with E-state index in [-0.39, 0.29) is 42.8 Å². The third-order valence-corrected chi connectivity index (χ3v) is 5.06. The lowest BCUT2D eigenvalue weighted by atomic mass is 10.1. The highest BCUT2D eigenvalue weighted by Crippen LogP contribution is 2.27. The third-order valence-electron chi connectivity index (χ3n) is 5.06. The van der Waals surface area contributed by atoms with Crippen molar-refractivity contribution in [3.63, 3.8) is 0 Å². The number of carbonyl (C=O) groups is 2. The highest BCUT2D eigenvalue weighted by atomic mass is 19.2. The largest absolute Gasteiger partial charge is 0.494 e. The van der Waals surface area contributed by atoms with Gasteiger partial charge in [-0.05, 0) is 53.7 Å². The molecular weight excluding hydrogens is 422 g/mol. The second kappa shape index (κ2) is 9.08. The Labute approximate surface area is 182 Å². The Morgan fingerprint density at radius 2 is 1.91 bits per heavy atom. The molecule has 11 heteroatoms. The molecule has 1 saturated heterocycles. The Hall–Kier alpha value is -3.89. The summed E-state index contributed by atoms with van der Waals surface area (Å²) in [5, 5.41) is 13.8. The number of ether oxygens (including phenoxy) is 1. The van der Waals surface area contributed by atoms with Gasteiger partial charge in [0.1, 0.15) is 5.75 Å². The van der Waals surface area contributed by atoms with E-state index in [4.69, 9.17) is 4.74 Å². The molecule has 0 unspecified atom stereocenters. The van der Waals surface area contributed by atoms with Crippen LogP contribution in [-0.4, -0.2) is 45.2 Å². The Kier molecular flexibility index (Phi) is 6.06. The zero-order chi connectivity index (χ0) is 22.7. The Morgan fingerprint density at radius 3 is 2.62 bits per heavy atom. The minimum Gasteiger partial charge on any atom is -0.494 e. The molecule has 3 aromatic rings. The monoisotopic (exact) mass is 442 g/mol. The van der Waals surface area contributed by atoms with E-state index in [1.54, 1.807) is 29.2 Å². The summed E-state index contributed by atoms with van der Waals surface area (Å²) < 4.78 is 33.3. The van der Waals surface area contributed by atoms with E-state index in [1.807, 2.05) is 6.92 Å². The van der Waals surface area contributed by atoms with E-state index >= 15 is 0 Å². The van der Waals surface area contributed by atoms with Crippen molar-refractivity contribution in [1.82, 2.24) is 25.5 Å². The van der Waals surface area contributed by atoms with Crippen LogP contribution in [0.1, 0.15) is 19.2 Å². The van der Waals surface area contributed by atoms with Gasteiger partial charge in [0.05, 0.1) is 24.8 Å². The topological polar surface area (TPSA) is 102 Å². The van der Waals surface area contributed by atoms with Crippen LogP contribution in [-0.2, 0) is 16.1 Å². The molecule has 9 nitrogen and oxygen atoms in total. The average molecular weight is 442 g/mol. The molecule has 1 aliphatic rings. The smallest absolute Gasteiger partial charge is 0.227 e. The zero-order valence-corrected chi connectivity index (χ0v) is 17.2. The van der Waals surface area contributed by atoms with Crippen molar-refractivity contribution in [2.75, 3.05) is 18.1 Å². The lowest BCUT2D eigenvalue weighted by Crippen LogP contribution is -2.33. The van der Waals surface area contributed by atoms with Crippen LogP contribution in [0.25, 0.3) is 5.69 Å². The molecule has 0 spiro atoms. The van der Waals surface area contributed by atoms with Crippen LogP contribution in [0.15, 0.2) is 42.5 Å². The number of anilines is 1. The van der Waals surface area contributed by atoms with Gasteiger partial charge in [0, 0.05) is 24.7 Å². The van der Waals surface area contributed by atoms with Gasteiger partial charge in [-0.15, -0.1) is 5.10 Å². The van der Waals surface area contributed by atoms with E-state index in [0.29, 0.717) is 18.0 Å². The quantitative estimate of drug-likeness (QED) is 0.601. The van der Waals surface area contributed by atoms with Crippen molar-refractivity contribution in [2.45, 2.75) is 19.9 Å². The summed E-state index contributed by atoms with van der Waals surface area (Å²) in [6, 6.07) is 10.4. The molecule has 1 fully saturated rings. The number of amides is 2. The Morgan fingerprint density at radius 1 is 1.16 bits per heavy atom. The SMILES string of the molecule is CCOc1ccc(N2C[C@H](C(=O)NCc3nnnn3-c3ccc(F)c(F)c3)CC2=O)cc1. The first-order valence-corrected chi connectivity index (χ1v) is 10.00. The Bertz CT molecular complexity index is 1130. The van der Waals surface area contributed by atoms with Crippen LogP contribution in [0.3, 0.4) is 0 Å². The first-order chi connectivity index (χ1) is 15.5. The van der Waals surface area contributed by atoms with Gasteiger partial charge < -0.3 is 15.0 Å². The van der Waals surface area contributed by atoms with E-state index in [0.717, 1.165) is 12.1 Å². The number of hydrogen-bond donors (Lipinski definition) is 1. The molecule has 1 atom stereocenters. The van der Waals surface area contributed by atoms with Crippen LogP contribution >= 0.6 is 0 Å². The van der Waals surface area contributed by atoms with Crippen molar-refractivity contribution in [2.24, 2.45) is 5.92 Å². The molecule has 1 aromatic heterocycles. The maximum absolute atomic E-state index is 13.5. The second-order valence-corrected chi connectivity index (χ2v) is 7.16. The van der Waals surface area contributed by atoms with Crippen molar-refractivity contribution in [3.05, 3.63) is 59.9 Å². The number of carbonyl (C=O) groups excluding carboxylic acids is 2. The standard InChI is InChI=1S/C21H20F2N6O3/c1-2-32-16-6-3-14(4-7-16)28-12-13(9-20(28)30)21(31)24-11-19-25-26-27-29(19)15-5-8-17(22)18(23)10-15/h3-8,10,13H,2,9,11-12H2,1H3,(H,24,31)/t13-/m1/s1. The van der Waals surface area contributed by atoms with Crippen LogP contribution in [0.4, 0.5) is 14.5 Å². The molecule has 32 heavy (non-hydrogen) atoms. The molecule has 4 rings (SSSR count). The lowest BCUT2D eigenvalue weighted by Gasteiger charge is -2.17. The Balaban J connectivity index is 1.39. The average Bonchev–Trinajstić information content (AvgIpc) is 3.41. The van der Waals surface area contributed by atoms with Crippen molar-refractivity contribution >= 4 is 17.5 Å². The number of aromatic nitrogens is 4. The summed E-state index contributed by atoms with van der Waals surface area (Å²) in [5.74, 6) is -2.10. The summed E-state index contributed by atoms with van der Waals surface area (Å²) >= 11 is 0. The fourth-order valence-electron chi connectivity index (χ4n) is 3.47. The fraction of sp³-hybridized carbons (Fsp3) is 0.286. The summed E-state index contributed by atoms with van der Waals surface area (Å²) in [6.45, 7) is 2.63. The van der Waals surface area contributed by atoms with E-state index in [1.165, 1.54) is 10.7 Å². The van der Waals surface area contributed by atoms with E-state index < -0.39 is 17.6 Å². The molecule has 1 aliphatic heterocycles. The predicted molar refractivity (Wildman–Crippen MR) is 109 cm³/mol. The highest BCUT2D eigenvalue weighted by molar-refractivity contribution is 6.00. The van der Waals surface area contributed by atoms with Crippen molar-refractivity contribution < 1.29 is 23.1 Å². The van der Waals surface area contributed by atoms with Gasteiger partial charge in [-0.3, -0.25) is 9.59 Å². The van der Waals surface area contributed by atoms with Crippen molar-refractivity contribution in [1.29, 1.82) is 0 Å². The number of benzene rings is 2. The number of hydrogen-bond acceptors (Lipinski definition) is 6. The molecule has 0 aliphatic carbocycles. The summed E-state index contributed by atoms with van der Waals surface area (Å²) in [7, 11) is 0. The van der Waals surface area contributed by atoms with Gasteiger partial charge in [0.25, 0.3) is 0 Å². The summed E-state index contributed by atoms with van der Waals surface area (Å²) in [4.78, 5) is 26.7. The molecular formula is C21H20F2N6O3. The number of halogens is 2. The first kappa shape index (κ1) is 21.3. The second-order valence-electron chi connectivity index (χ2n) is 7.16. The molecule has 2 heterocycles. The molecule has 0 radical (unpaired) electrons. The van der Waals surface area contributed by atoms with Gasteiger partial charge >= 0.3 is 0 Å². The number of nitrogens with zero attached hydrogens (tertiary/aromatic N) is 5. The number of rotatable bonds is 7. The summed E-state index contributed by atoms with van der Waals surface area (Å²) in [5.41, 5.74) is 0.909. The fourth-order valence-corrected chi connectivity index (χ4v) is 3.47.